The van der Waals surface area contributed by atoms with Crippen LogP contribution in [0.1, 0.15) is 28.3 Å². The van der Waals surface area contributed by atoms with Crippen molar-refractivity contribution in [3.05, 3.63) is 35.5 Å². The molecule has 0 bridgehead atoms. The molecule has 1 fully saturated rings. The fourth-order valence-electron chi connectivity index (χ4n) is 3.33. The van der Waals surface area contributed by atoms with E-state index in [9.17, 15) is 4.79 Å². The highest BCUT2D eigenvalue weighted by atomic mass is 16.2. The molecule has 1 atom stereocenters. The van der Waals surface area contributed by atoms with E-state index in [-0.39, 0.29) is 11.7 Å². The van der Waals surface area contributed by atoms with Crippen LogP contribution in [0.25, 0.3) is 0 Å². The Kier molecular flexibility index (Phi) is 5.74. The smallest absolute Gasteiger partial charge is 0.291 e. The van der Waals surface area contributed by atoms with Gasteiger partial charge in [-0.1, -0.05) is 0 Å². The summed E-state index contributed by atoms with van der Waals surface area (Å²) >= 11 is 0. The van der Waals surface area contributed by atoms with Crippen LogP contribution in [0.5, 0.6) is 0 Å². The average Bonchev–Trinajstić information content (AvgIpc) is 3.33. The van der Waals surface area contributed by atoms with E-state index < -0.39 is 0 Å². The molecule has 0 radical (unpaired) electrons. The molecule has 0 unspecified atom stereocenters. The molecule has 1 saturated heterocycles. The Labute approximate surface area is 160 Å². The van der Waals surface area contributed by atoms with Crippen LogP contribution in [0.2, 0.25) is 0 Å². The van der Waals surface area contributed by atoms with Crippen LogP contribution in [0.4, 0.5) is 5.82 Å². The summed E-state index contributed by atoms with van der Waals surface area (Å²) in [5.41, 5.74) is 1.90. The van der Waals surface area contributed by atoms with Gasteiger partial charge >= 0.3 is 0 Å². The van der Waals surface area contributed by atoms with Crippen LogP contribution in [0.3, 0.4) is 0 Å². The fourth-order valence-corrected chi connectivity index (χ4v) is 3.33. The summed E-state index contributed by atoms with van der Waals surface area (Å²) in [6, 6.07) is 2.38. The number of aromatic nitrogens is 4. The molecule has 1 aliphatic heterocycles. The lowest BCUT2D eigenvalue weighted by Crippen LogP contribution is -2.34. The van der Waals surface area contributed by atoms with Gasteiger partial charge in [0.2, 0.25) is 5.82 Å². The van der Waals surface area contributed by atoms with Gasteiger partial charge in [0, 0.05) is 56.4 Å². The second-order valence-electron chi connectivity index (χ2n) is 7.43. The zero-order chi connectivity index (χ0) is 19.6. The third kappa shape index (κ3) is 4.27. The number of hydrogen-bond donors (Lipinski definition) is 0. The number of anilines is 1. The maximum absolute atomic E-state index is 12.9. The molecule has 0 spiro atoms. The Morgan fingerprint density at radius 3 is 2.67 bits per heavy atom. The van der Waals surface area contributed by atoms with Crippen LogP contribution >= 0.6 is 0 Å². The Hall–Kier alpha value is -2.48. The van der Waals surface area contributed by atoms with Crippen molar-refractivity contribution in [1.29, 1.82) is 0 Å². The first-order valence-electron chi connectivity index (χ1n) is 9.36. The molecule has 0 saturated carbocycles. The van der Waals surface area contributed by atoms with Crippen molar-refractivity contribution >= 4 is 11.7 Å². The molecule has 0 aromatic carbocycles. The summed E-state index contributed by atoms with van der Waals surface area (Å²) in [6.07, 6.45) is 4.72. The Balaban J connectivity index is 1.75. The van der Waals surface area contributed by atoms with E-state index in [0.717, 1.165) is 36.6 Å². The first-order chi connectivity index (χ1) is 12.9. The lowest BCUT2D eigenvalue weighted by atomic mass is 10.2. The van der Waals surface area contributed by atoms with E-state index in [2.05, 4.69) is 39.0 Å². The summed E-state index contributed by atoms with van der Waals surface area (Å²) in [6.45, 7) is 7.04. The largest absolute Gasteiger partial charge is 0.355 e. The number of carbonyl (C=O) groups excluding carboxylic acids is 1. The molecule has 146 valence electrons. The van der Waals surface area contributed by atoms with E-state index in [1.165, 1.54) is 0 Å². The number of carbonyl (C=O) groups is 1. The van der Waals surface area contributed by atoms with Gasteiger partial charge in [0.15, 0.2) is 0 Å². The number of likely N-dealkylation sites (N-methyl/N-ethyl adjacent to an activating group) is 2. The highest BCUT2D eigenvalue weighted by Crippen LogP contribution is 2.25. The summed E-state index contributed by atoms with van der Waals surface area (Å²) in [4.78, 5) is 28.1. The molecule has 8 nitrogen and oxygen atoms in total. The first-order valence-corrected chi connectivity index (χ1v) is 9.36. The van der Waals surface area contributed by atoms with Gasteiger partial charge in [-0.05, 0) is 40.4 Å². The number of amides is 1. The zero-order valence-corrected chi connectivity index (χ0v) is 16.9. The number of hydrogen-bond acceptors (Lipinski definition) is 6. The van der Waals surface area contributed by atoms with Crippen LogP contribution in [-0.2, 0) is 6.54 Å². The van der Waals surface area contributed by atoms with Crippen molar-refractivity contribution < 1.29 is 4.79 Å². The molecule has 1 amide bonds. The van der Waals surface area contributed by atoms with Crippen LogP contribution in [0, 0.1) is 13.8 Å². The molecule has 3 heterocycles. The van der Waals surface area contributed by atoms with E-state index >= 15 is 0 Å². The highest BCUT2D eigenvalue weighted by Gasteiger charge is 2.28. The maximum atomic E-state index is 12.9. The summed E-state index contributed by atoms with van der Waals surface area (Å²) in [7, 11) is 5.99. The lowest BCUT2D eigenvalue weighted by molar-refractivity contribution is 0.0776. The summed E-state index contributed by atoms with van der Waals surface area (Å²) in [5.74, 6) is 0.995. The molecule has 3 rings (SSSR count). The Morgan fingerprint density at radius 1 is 1.26 bits per heavy atom. The van der Waals surface area contributed by atoms with Crippen molar-refractivity contribution in [3.63, 3.8) is 0 Å². The number of aryl methyl sites for hydroxylation is 1. The summed E-state index contributed by atoms with van der Waals surface area (Å²) < 4.78 is 1.81. The van der Waals surface area contributed by atoms with E-state index in [1.807, 2.05) is 30.8 Å². The average molecular weight is 371 g/mol. The number of rotatable bonds is 6. The van der Waals surface area contributed by atoms with Crippen LogP contribution in [-0.4, -0.2) is 82.3 Å². The summed E-state index contributed by atoms with van der Waals surface area (Å²) in [5, 5.41) is 4.17. The molecule has 0 N–H and O–H groups in total. The van der Waals surface area contributed by atoms with Crippen LogP contribution < -0.4 is 4.90 Å². The Bertz CT molecular complexity index is 788. The molecule has 0 aliphatic carbocycles. The third-order valence-electron chi connectivity index (χ3n) is 5.32. The maximum Gasteiger partial charge on any atom is 0.291 e. The van der Waals surface area contributed by atoms with E-state index in [0.29, 0.717) is 19.1 Å². The fraction of sp³-hybridized carbons (Fsp3) is 0.579. The van der Waals surface area contributed by atoms with Crippen molar-refractivity contribution in [2.24, 2.45) is 0 Å². The molecular weight excluding hydrogens is 342 g/mol. The second kappa shape index (κ2) is 8.04. The van der Waals surface area contributed by atoms with Gasteiger partial charge in [0.05, 0.1) is 6.54 Å². The van der Waals surface area contributed by atoms with Gasteiger partial charge in [0.25, 0.3) is 5.91 Å². The molecule has 2 aromatic rings. The topological polar surface area (TPSA) is 70.4 Å². The van der Waals surface area contributed by atoms with Gasteiger partial charge in [-0.3, -0.25) is 9.48 Å². The van der Waals surface area contributed by atoms with Crippen molar-refractivity contribution in [3.8, 4) is 0 Å². The van der Waals surface area contributed by atoms with Crippen molar-refractivity contribution in [2.45, 2.75) is 32.9 Å². The molecule has 1 aliphatic rings. The predicted octanol–water partition coefficient (Wildman–Crippen LogP) is 1.20. The van der Waals surface area contributed by atoms with Crippen LogP contribution in [0.15, 0.2) is 18.5 Å². The van der Waals surface area contributed by atoms with Crippen molar-refractivity contribution in [1.82, 2.24) is 29.5 Å². The number of nitrogens with zero attached hydrogens (tertiary/aromatic N) is 7. The minimum Gasteiger partial charge on any atom is -0.355 e. The third-order valence-corrected chi connectivity index (χ3v) is 5.32. The predicted molar refractivity (Wildman–Crippen MR) is 105 cm³/mol. The minimum atomic E-state index is -0.158. The molecule has 2 aromatic heterocycles. The van der Waals surface area contributed by atoms with Gasteiger partial charge in [0.1, 0.15) is 5.82 Å². The molecule has 27 heavy (non-hydrogen) atoms. The van der Waals surface area contributed by atoms with Gasteiger partial charge in [-0.2, -0.15) is 5.10 Å². The quantitative estimate of drug-likeness (QED) is 0.760. The minimum absolute atomic E-state index is 0.158. The SMILES string of the molecule is Cc1nc(C(=O)N(C)CCn2cccn2)nc(N2CC[C@@H](N(C)C)C2)c1C. The lowest BCUT2D eigenvalue weighted by Gasteiger charge is -2.24. The molecular formula is C19H29N7O. The van der Waals surface area contributed by atoms with E-state index in [1.54, 1.807) is 18.1 Å². The first kappa shape index (κ1) is 19.3. The van der Waals surface area contributed by atoms with E-state index in [4.69, 9.17) is 0 Å². The van der Waals surface area contributed by atoms with Gasteiger partial charge in [-0.25, -0.2) is 9.97 Å². The monoisotopic (exact) mass is 371 g/mol. The van der Waals surface area contributed by atoms with Gasteiger partial charge in [-0.15, -0.1) is 0 Å². The zero-order valence-electron chi connectivity index (χ0n) is 16.9. The highest BCUT2D eigenvalue weighted by molar-refractivity contribution is 5.90. The van der Waals surface area contributed by atoms with Gasteiger partial charge < -0.3 is 14.7 Å². The van der Waals surface area contributed by atoms with Crippen molar-refractivity contribution in [2.75, 3.05) is 45.7 Å². The second-order valence-corrected chi connectivity index (χ2v) is 7.43. The molecule has 8 heteroatoms. The standard InChI is InChI=1S/C19H29N7O/c1-14-15(2)21-17(19(27)24(5)11-12-26-9-6-8-20-26)22-18(14)25-10-7-16(13-25)23(3)4/h6,8-9,16H,7,10-13H2,1-5H3/t16-/m1/s1. The normalized spacial score (nSPS) is 17.0. The Morgan fingerprint density at radius 2 is 2.04 bits per heavy atom.